The van der Waals surface area contributed by atoms with E-state index in [1.165, 1.54) is 22.9 Å². The van der Waals surface area contributed by atoms with Crippen molar-refractivity contribution in [2.24, 2.45) is 0 Å². The number of carbonyl (C=O) groups is 1. The smallest absolute Gasteiger partial charge is 0.293 e. The van der Waals surface area contributed by atoms with Gasteiger partial charge in [-0.05, 0) is 6.07 Å². The number of furan rings is 1. The summed E-state index contributed by atoms with van der Waals surface area (Å²) < 4.78 is 5.06. The SMILES string of the molecule is O=C1SCC(=S)N1c1ccco1. The van der Waals surface area contributed by atoms with Crippen LogP contribution >= 0.6 is 24.0 Å². The Morgan fingerprint density at radius 2 is 2.50 bits per heavy atom. The third-order valence-electron chi connectivity index (χ3n) is 1.48. The fourth-order valence-electron chi connectivity index (χ4n) is 0.964. The second kappa shape index (κ2) is 2.91. The van der Waals surface area contributed by atoms with Crippen LogP contribution in [0.3, 0.4) is 0 Å². The van der Waals surface area contributed by atoms with Crippen LogP contribution in [0.5, 0.6) is 0 Å². The van der Waals surface area contributed by atoms with Gasteiger partial charge in [0, 0.05) is 6.07 Å². The van der Waals surface area contributed by atoms with Crippen LogP contribution in [0.25, 0.3) is 0 Å². The molecule has 1 aliphatic rings. The number of amides is 1. The largest absolute Gasteiger partial charge is 0.448 e. The van der Waals surface area contributed by atoms with Crippen LogP contribution in [0.15, 0.2) is 22.8 Å². The van der Waals surface area contributed by atoms with E-state index in [1.54, 1.807) is 12.1 Å². The van der Waals surface area contributed by atoms with Crippen LogP contribution in [0.4, 0.5) is 10.7 Å². The molecule has 1 aromatic heterocycles. The monoisotopic (exact) mass is 199 g/mol. The van der Waals surface area contributed by atoms with E-state index in [0.717, 1.165) is 0 Å². The number of thioether (sulfide) groups is 1. The average Bonchev–Trinajstić information content (AvgIpc) is 2.61. The molecule has 0 unspecified atom stereocenters. The molecule has 0 aromatic carbocycles. The first-order chi connectivity index (χ1) is 5.79. The van der Waals surface area contributed by atoms with Gasteiger partial charge in [-0.2, -0.15) is 0 Å². The molecule has 62 valence electrons. The average molecular weight is 199 g/mol. The summed E-state index contributed by atoms with van der Waals surface area (Å²) in [6.45, 7) is 0. The van der Waals surface area contributed by atoms with Gasteiger partial charge in [0.1, 0.15) is 4.99 Å². The van der Waals surface area contributed by atoms with Crippen molar-refractivity contribution in [1.82, 2.24) is 0 Å². The van der Waals surface area contributed by atoms with Gasteiger partial charge in [-0.1, -0.05) is 24.0 Å². The molecule has 0 aliphatic carbocycles. The van der Waals surface area contributed by atoms with Crippen molar-refractivity contribution in [3.05, 3.63) is 18.4 Å². The summed E-state index contributed by atoms with van der Waals surface area (Å²) in [4.78, 5) is 13.3. The summed E-state index contributed by atoms with van der Waals surface area (Å²) in [5.41, 5.74) is 0. The van der Waals surface area contributed by atoms with Gasteiger partial charge in [0.2, 0.25) is 5.88 Å². The van der Waals surface area contributed by atoms with Gasteiger partial charge in [-0.3, -0.25) is 4.79 Å². The van der Waals surface area contributed by atoms with E-state index in [9.17, 15) is 4.79 Å². The number of nitrogens with zero attached hydrogens (tertiary/aromatic N) is 1. The highest BCUT2D eigenvalue weighted by Crippen LogP contribution is 2.27. The molecule has 0 N–H and O–H groups in total. The van der Waals surface area contributed by atoms with Crippen molar-refractivity contribution in [2.75, 3.05) is 10.7 Å². The van der Waals surface area contributed by atoms with Crippen molar-refractivity contribution < 1.29 is 9.21 Å². The zero-order valence-electron chi connectivity index (χ0n) is 6.02. The lowest BCUT2D eigenvalue weighted by molar-refractivity contribution is 0.267. The molecule has 1 aromatic rings. The van der Waals surface area contributed by atoms with Gasteiger partial charge in [0.15, 0.2) is 0 Å². The van der Waals surface area contributed by atoms with Crippen molar-refractivity contribution in [2.45, 2.75) is 0 Å². The maximum atomic E-state index is 11.2. The summed E-state index contributed by atoms with van der Waals surface area (Å²) in [6, 6.07) is 3.45. The highest BCUT2D eigenvalue weighted by molar-refractivity contribution is 8.16. The molecule has 1 fully saturated rings. The number of hydrogen-bond donors (Lipinski definition) is 0. The van der Waals surface area contributed by atoms with Crippen molar-refractivity contribution in [3.63, 3.8) is 0 Å². The van der Waals surface area contributed by atoms with E-state index in [-0.39, 0.29) is 5.24 Å². The lowest BCUT2D eigenvalue weighted by atomic mass is 10.5. The standard InChI is InChI=1S/C7H5NO2S2/c9-7-8(6(11)4-12-7)5-2-1-3-10-5/h1-3H,4H2. The minimum atomic E-state index is -0.0602. The molecule has 2 rings (SSSR count). The molecule has 0 spiro atoms. The van der Waals surface area contributed by atoms with Gasteiger partial charge in [0.05, 0.1) is 12.0 Å². The second-order valence-corrected chi connectivity index (χ2v) is 3.63. The Morgan fingerprint density at radius 1 is 1.67 bits per heavy atom. The van der Waals surface area contributed by atoms with Crippen LogP contribution in [0.1, 0.15) is 0 Å². The molecule has 1 saturated heterocycles. The summed E-state index contributed by atoms with van der Waals surface area (Å²) >= 11 is 6.19. The van der Waals surface area contributed by atoms with Crippen molar-refractivity contribution in [1.29, 1.82) is 0 Å². The van der Waals surface area contributed by atoms with Crippen LogP contribution in [0, 0.1) is 0 Å². The minimum absolute atomic E-state index is 0.0602. The molecule has 2 heterocycles. The van der Waals surface area contributed by atoms with E-state index in [1.807, 2.05) is 0 Å². The summed E-state index contributed by atoms with van der Waals surface area (Å²) in [7, 11) is 0. The third-order valence-corrected chi connectivity index (χ3v) is 2.83. The van der Waals surface area contributed by atoms with E-state index in [2.05, 4.69) is 0 Å². The van der Waals surface area contributed by atoms with E-state index >= 15 is 0 Å². The molecule has 1 amide bonds. The Labute approximate surface area is 78.7 Å². The summed E-state index contributed by atoms with van der Waals surface area (Å²) in [5, 5.41) is -0.0602. The van der Waals surface area contributed by atoms with Gasteiger partial charge < -0.3 is 4.42 Å². The van der Waals surface area contributed by atoms with Crippen LogP contribution < -0.4 is 4.90 Å². The number of hydrogen-bond acceptors (Lipinski definition) is 4. The Hall–Kier alpha value is -0.810. The first-order valence-electron chi connectivity index (χ1n) is 3.32. The zero-order valence-corrected chi connectivity index (χ0v) is 7.65. The predicted molar refractivity (Wildman–Crippen MR) is 51.6 cm³/mol. The van der Waals surface area contributed by atoms with Gasteiger partial charge in [0.25, 0.3) is 5.24 Å². The fourth-order valence-corrected chi connectivity index (χ4v) is 2.08. The minimum Gasteiger partial charge on any atom is -0.448 e. The molecule has 0 saturated carbocycles. The molecular formula is C7H5NO2S2. The number of rotatable bonds is 1. The maximum absolute atomic E-state index is 11.2. The summed E-state index contributed by atoms with van der Waals surface area (Å²) in [6.07, 6.45) is 1.52. The molecule has 3 nitrogen and oxygen atoms in total. The van der Waals surface area contributed by atoms with Crippen molar-refractivity contribution in [3.8, 4) is 0 Å². The molecule has 5 heteroatoms. The Kier molecular flexibility index (Phi) is 1.90. The lowest BCUT2D eigenvalue weighted by Gasteiger charge is -2.09. The number of anilines is 1. The Balaban J connectivity index is 2.34. The van der Waals surface area contributed by atoms with Crippen LogP contribution in [-0.4, -0.2) is 16.0 Å². The Bertz CT molecular complexity index is 304. The topological polar surface area (TPSA) is 33.5 Å². The number of carbonyl (C=O) groups excluding carboxylic acids is 1. The van der Waals surface area contributed by atoms with E-state index < -0.39 is 0 Å². The maximum Gasteiger partial charge on any atom is 0.293 e. The molecular weight excluding hydrogens is 194 g/mol. The van der Waals surface area contributed by atoms with Gasteiger partial charge >= 0.3 is 0 Å². The molecule has 0 atom stereocenters. The van der Waals surface area contributed by atoms with Crippen LogP contribution in [-0.2, 0) is 0 Å². The first kappa shape index (κ1) is 7.82. The highest BCUT2D eigenvalue weighted by atomic mass is 32.2. The summed E-state index contributed by atoms with van der Waals surface area (Å²) in [5.74, 6) is 1.09. The number of thiocarbonyl (C=S) groups is 1. The Morgan fingerprint density at radius 3 is 3.00 bits per heavy atom. The van der Waals surface area contributed by atoms with E-state index in [0.29, 0.717) is 16.6 Å². The first-order valence-corrected chi connectivity index (χ1v) is 4.71. The second-order valence-electron chi connectivity index (χ2n) is 2.24. The fraction of sp³-hybridized carbons (Fsp3) is 0.143. The highest BCUT2D eigenvalue weighted by Gasteiger charge is 2.29. The van der Waals surface area contributed by atoms with E-state index in [4.69, 9.17) is 16.6 Å². The normalized spacial score (nSPS) is 17.5. The van der Waals surface area contributed by atoms with Gasteiger partial charge in [-0.25, -0.2) is 4.90 Å². The predicted octanol–water partition coefficient (Wildman–Crippen LogP) is 2.28. The van der Waals surface area contributed by atoms with Gasteiger partial charge in [-0.15, -0.1) is 0 Å². The molecule has 0 bridgehead atoms. The zero-order chi connectivity index (χ0) is 8.55. The molecule has 12 heavy (non-hydrogen) atoms. The van der Waals surface area contributed by atoms with Crippen LogP contribution in [0.2, 0.25) is 0 Å². The van der Waals surface area contributed by atoms with Crippen molar-refractivity contribution >= 4 is 40.1 Å². The third kappa shape index (κ3) is 1.15. The lowest BCUT2D eigenvalue weighted by Crippen LogP contribution is -2.25. The quantitative estimate of drug-likeness (QED) is 0.650. The molecule has 1 aliphatic heterocycles. The molecule has 0 radical (unpaired) electrons.